The number of carbonyl (C=O) groups is 1. The number of pyridine rings is 1. The van der Waals surface area contributed by atoms with E-state index < -0.39 is 5.97 Å². The molecule has 0 aliphatic carbocycles. The fraction of sp³-hybridized carbons (Fsp3) is 0.462. The molecule has 2 aromatic rings. The number of ether oxygens (including phenoxy) is 2. The van der Waals surface area contributed by atoms with Crippen molar-refractivity contribution in [2.45, 2.75) is 25.4 Å². The van der Waals surface area contributed by atoms with Crippen molar-refractivity contribution in [3.05, 3.63) is 29.7 Å². The molecule has 19 heavy (non-hydrogen) atoms. The van der Waals surface area contributed by atoms with Gasteiger partial charge in [0.25, 0.3) is 0 Å². The van der Waals surface area contributed by atoms with Crippen molar-refractivity contribution >= 4 is 11.6 Å². The second-order valence-electron chi connectivity index (χ2n) is 4.50. The minimum Gasteiger partial charge on any atom is -0.464 e. The normalized spacial score (nSPS) is 19.5. The molecular weight excluding hydrogens is 246 g/mol. The van der Waals surface area contributed by atoms with Crippen molar-refractivity contribution in [1.29, 1.82) is 0 Å². The fourth-order valence-corrected chi connectivity index (χ4v) is 2.26. The second kappa shape index (κ2) is 4.97. The molecule has 0 radical (unpaired) electrons. The van der Waals surface area contributed by atoms with Crippen LogP contribution in [0.25, 0.3) is 5.65 Å². The quantitative estimate of drug-likeness (QED) is 0.771. The molecule has 0 N–H and O–H groups in total. The molecule has 0 bridgehead atoms. The number of aromatic nitrogens is 3. The number of rotatable bonds is 2. The van der Waals surface area contributed by atoms with E-state index in [-0.39, 0.29) is 6.10 Å². The van der Waals surface area contributed by atoms with Gasteiger partial charge < -0.3 is 9.47 Å². The number of methoxy groups -OCH3 is 1. The van der Waals surface area contributed by atoms with Crippen molar-refractivity contribution in [2.24, 2.45) is 0 Å². The minimum absolute atomic E-state index is 0.0702. The van der Waals surface area contributed by atoms with Gasteiger partial charge in [-0.2, -0.15) is 0 Å². The average Bonchev–Trinajstić information content (AvgIpc) is 2.91. The Labute approximate surface area is 110 Å². The predicted molar refractivity (Wildman–Crippen MR) is 66.9 cm³/mol. The number of nitrogens with zero attached hydrogens (tertiary/aromatic N) is 3. The first-order valence-electron chi connectivity index (χ1n) is 6.35. The molecule has 3 heterocycles. The van der Waals surface area contributed by atoms with Crippen LogP contribution in [0.5, 0.6) is 0 Å². The third kappa shape index (κ3) is 2.19. The van der Waals surface area contributed by atoms with E-state index in [0.717, 1.165) is 25.9 Å². The Morgan fingerprint density at radius 3 is 3.11 bits per heavy atom. The summed E-state index contributed by atoms with van der Waals surface area (Å²) in [6.45, 7) is 0.740. The van der Waals surface area contributed by atoms with Gasteiger partial charge in [0.15, 0.2) is 17.2 Å². The van der Waals surface area contributed by atoms with Crippen LogP contribution in [0.2, 0.25) is 0 Å². The number of carbonyl (C=O) groups excluding carboxylic acids is 1. The van der Waals surface area contributed by atoms with Crippen LogP contribution in [-0.2, 0) is 9.47 Å². The Hall–Kier alpha value is -1.95. The van der Waals surface area contributed by atoms with Gasteiger partial charge in [-0.1, -0.05) is 6.07 Å². The maximum Gasteiger partial charge on any atom is 0.356 e. The predicted octanol–water partition coefficient (Wildman–Crippen LogP) is 1.76. The first-order chi connectivity index (χ1) is 9.29. The topological polar surface area (TPSA) is 65.7 Å². The zero-order chi connectivity index (χ0) is 13.2. The maximum absolute atomic E-state index is 11.7. The van der Waals surface area contributed by atoms with Gasteiger partial charge in [-0.05, 0) is 31.4 Å². The third-order valence-corrected chi connectivity index (χ3v) is 3.24. The molecule has 2 aromatic heterocycles. The Morgan fingerprint density at radius 1 is 1.47 bits per heavy atom. The molecule has 0 saturated carbocycles. The molecular formula is C13H15N3O3. The molecule has 1 fully saturated rings. The summed E-state index contributed by atoms with van der Waals surface area (Å²) in [4.78, 5) is 16.1. The highest BCUT2D eigenvalue weighted by atomic mass is 16.5. The van der Waals surface area contributed by atoms with Gasteiger partial charge in [0, 0.05) is 6.61 Å². The standard InChI is InChI=1S/C13H15N3O3/c1-18-13(17)9-5-4-7-11-14-12(15-16(9)11)10-6-2-3-8-19-10/h4-5,7,10H,2-3,6,8H2,1H3. The lowest BCUT2D eigenvalue weighted by Gasteiger charge is -2.19. The molecule has 6 nitrogen and oxygen atoms in total. The van der Waals surface area contributed by atoms with Crippen LogP contribution < -0.4 is 0 Å². The van der Waals surface area contributed by atoms with Crippen molar-refractivity contribution in [1.82, 2.24) is 14.6 Å². The van der Waals surface area contributed by atoms with Crippen molar-refractivity contribution in [3.8, 4) is 0 Å². The lowest BCUT2D eigenvalue weighted by Crippen LogP contribution is -2.13. The number of hydrogen-bond acceptors (Lipinski definition) is 5. The summed E-state index contributed by atoms with van der Waals surface area (Å²) in [5, 5.41) is 4.39. The maximum atomic E-state index is 11.7. The lowest BCUT2D eigenvalue weighted by atomic mass is 10.1. The van der Waals surface area contributed by atoms with E-state index in [9.17, 15) is 4.79 Å². The van der Waals surface area contributed by atoms with E-state index in [1.807, 2.05) is 6.07 Å². The van der Waals surface area contributed by atoms with Crippen LogP contribution in [-0.4, -0.2) is 34.3 Å². The van der Waals surface area contributed by atoms with Crippen LogP contribution in [0.4, 0.5) is 0 Å². The zero-order valence-corrected chi connectivity index (χ0v) is 10.7. The van der Waals surface area contributed by atoms with Crippen LogP contribution in [0.15, 0.2) is 18.2 Å². The highest BCUT2D eigenvalue weighted by Crippen LogP contribution is 2.25. The number of hydrogen-bond donors (Lipinski definition) is 0. The average molecular weight is 261 g/mol. The first kappa shape index (κ1) is 12.1. The summed E-state index contributed by atoms with van der Waals surface area (Å²) < 4.78 is 11.9. The van der Waals surface area contributed by atoms with Gasteiger partial charge in [-0.3, -0.25) is 0 Å². The molecule has 6 heteroatoms. The van der Waals surface area contributed by atoms with E-state index in [1.165, 1.54) is 11.6 Å². The molecule has 1 saturated heterocycles. The summed E-state index contributed by atoms with van der Waals surface area (Å²) in [7, 11) is 1.35. The van der Waals surface area contributed by atoms with Crippen molar-refractivity contribution < 1.29 is 14.3 Å². The Bertz CT molecular complexity index is 602. The Kier molecular flexibility index (Phi) is 3.16. The first-order valence-corrected chi connectivity index (χ1v) is 6.35. The van der Waals surface area contributed by atoms with Gasteiger partial charge in [-0.25, -0.2) is 14.3 Å². The summed E-state index contributed by atoms with van der Waals surface area (Å²) in [6, 6.07) is 5.24. The summed E-state index contributed by atoms with van der Waals surface area (Å²) in [5.41, 5.74) is 1.00. The monoisotopic (exact) mass is 261 g/mol. The molecule has 1 unspecified atom stereocenters. The molecule has 0 spiro atoms. The Morgan fingerprint density at radius 2 is 2.37 bits per heavy atom. The minimum atomic E-state index is -0.424. The molecule has 100 valence electrons. The van der Waals surface area contributed by atoms with Crippen LogP contribution in [0.3, 0.4) is 0 Å². The van der Waals surface area contributed by atoms with E-state index in [0.29, 0.717) is 17.2 Å². The largest absolute Gasteiger partial charge is 0.464 e. The zero-order valence-electron chi connectivity index (χ0n) is 10.7. The Balaban J connectivity index is 2.02. The SMILES string of the molecule is COC(=O)c1cccc2nc(C3CCCCO3)nn12. The van der Waals surface area contributed by atoms with Gasteiger partial charge >= 0.3 is 5.97 Å². The molecule has 3 rings (SSSR count). The van der Waals surface area contributed by atoms with E-state index in [4.69, 9.17) is 9.47 Å². The van der Waals surface area contributed by atoms with Crippen LogP contribution in [0.1, 0.15) is 41.7 Å². The highest BCUT2D eigenvalue weighted by Gasteiger charge is 2.22. The molecule has 1 aliphatic heterocycles. The van der Waals surface area contributed by atoms with E-state index >= 15 is 0 Å². The number of fused-ring (bicyclic) bond motifs is 1. The summed E-state index contributed by atoms with van der Waals surface area (Å²) >= 11 is 0. The molecule has 1 atom stereocenters. The van der Waals surface area contributed by atoms with Crippen LogP contribution >= 0.6 is 0 Å². The molecule has 0 aromatic carbocycles. The summed E-state index contributed by atoms with van der Waals surface area (Å²) in [6.07, 6.45) is 3.05. The smallest absolute Gasteiger partial charge is 0.356 e. The highest BCUT2D eigenvalue weighted by molar-refractivity contribution is 5.88. The van der Waals surface area contributed by atoms with E-state index in [1.54, 1.807) is 12.1 Å². The fourth-order valence-electron chi connectivity index (χ4n) is 2.26. The molecule has 0 amide bonds. The van der Waals surface area contributed by atoms with E-state index in [2.05, 4.69) is 10.1 Å². The van der Waals surface area contributed by atoms with Crippen LogP contribution in [0, 0.1) is 0 Å². The van der Waals surface area contributed by atoms with Gasteiger partial charge in [0.05, 0.1) is 7.11 Å². The lowest BCUT2D eigenvalue weighted by molar-refractivity contribution is 0.00957. The van der Waals surface area contributed by atoms with Crippen molar-refractivity contribution in [2.75, 3.05) is 13.7 Å². The van der Waals surface area contributed by atoms with Gasteiger partial charge in [0.1, 0.15) is 6.10 Å². The molecule has 1 aliphatic rings. The summed E-state index contributed by atoms with van der Waals surface area (Å²) in [5.74, 6) is 0.211. The van der Waals surface area contributed by atoms with Gasteiger partial charge in [0.2, 0.25) is 0 Å². The second-order valence-corrected chi connectivity index (χ2v) is 4.50. The van der Waals surface area contributed by atoms with Crippen molar-refractivity contribution in [3.63, 3.8) is 0 Å². The number of esters is 1. The third-order valence-electron chi connectivity index (χ3n) is 3.24. The van der Waals surface area contributed by atoms with Gasteiger partial charge in [-0.15, -0.1) is 5.10 Å².